The van der Waals surface area contributed by atoms with E-state index < -0.39 is 28.1 Å². The molecule has 1 rings (SSSR count). The fourth-order valence-electron chi connectivity index (χ4n) is 2.45. The van der Waals surface area contributed by atoms with Crippen LogP contribution in [0.5, 0.6) is 0 Å². The highest BCUT2D eigenvalue weighted by Crippen LogP contribution is 2.77. The molecule has 1 saturated carbocycles. The zero-order chi connectivity index (χ0) is 10.7. The fraction of sp³-hybridized carbons (Fsp3) is 0.778. The minimum Gasteiger partial charge on any atom is -0.369 e. The Morgan fingerprint density at radius 2 is 1.08 bits per heavy atom. The topological polar surface area (TPSA) is 86.2 Å². The number of amides is 2. The first-order valence-corrected chi connectivity index (χ1v) is 4.24. The van der Waals surface area contributed by atoms with Crippen molar-refractivity contribution in [2.24, 2.45) is 27.7 Å². The van der Waals surface area contributed by atoms with E-state index in [4.69, 9.17) is 11.5 Å². The summed E-state index contributed by atoms with van der Waals surface area (Å²) in [7, 11) is 0. The first-order valence-electron chi connectivity index (χ1n) is 4.24. The lowest BCUT2D eigenvalue weighted by atomic mass is 9.95. The van der Waals surface area contributed by atoms with E-state index in [1.54, 1.807) is 13.8 Å². The van der Waals surface area contributed by atoms with Crippen LogP contribution in [0.2, 0.25) is 0 Å². The second-order valence-electron chi connectivity index (χ2n) is 4.60. The number of carbonyl (C=O) groups is 2. The lowest BCUT2D eigenvalue weighted by Crippen LogP contribution is -2.34. The Bertz CT molecular complexity index is 270. The van der Waals surface area contributed by atoms with Crippen molar-refractivity contribution in [2.45, 2.75) is 27.7 Å². The van der Waals surface area contributed by atoms with Gasteiger partial charge in [-0.1, -0.05) is 13.8 Å². The summed E-state index contributed by atoms with van der Waals surface area (Å²) in [6.07, 6.45) is 0. The van der Waals surface area contributed by atoms with Crippen LogP contribution in [0, 0.1) is 16.2 Å². The summed E-state index contributed by atoms with van der Waals surface area (Å²) in [5.41, 5.74) is 8.47. The summed E-state index contributed by atoms with van der Waals surface area (Å²) in [4.78, 5) is 22.5. The van der Waals surface area contributed by atoms with Crippen LogP contribution in [-0.2, 0) is 9.59 Å². The van der Waals surface area contributed by atoms with E-state index in [1.807, 2.05) is 13.8 Å². The minimum absolute atomic E-state index is 0.447. The van der Waals surface area contributed by atoms with Crippen molar-refractivity contribution < 1.29 is 9.59 Å². The minimum atomic E-state index is -0.814. The summed E-state index contributed by atoms with van der Waals surface area (Å²) in [5, 5.41) is 0. The van der Waals surface area contributed by atoms with Crippen LogP contribution in [0.4, 0.5) is 0 Å². The summed E-state index contributed by atoms with van der Waals surface area (Å²) < 4.78 is 0. The maximum atomic E-state index is 11.2. The zero-order valence-corrected chi connectivity index (χ0v) is 8.47. The van der Waals surface area contributed by atoms with Gasteiger partial charge in [0.15, 0.2) is 0 Å². The van der Waals surface area contributed by atoms with Gasteiger partial charge < -0.3 is 11.5 Å². The Kier molecular flexibility index (Phi) is 1.58. The quantitative estimate of drug-likeness (QED) is 0.633. The number of primary amides is 2. The Labute approximate surface area is 77.7 Å². The van der Waals surface area contributed by atoms with Crippen molar-refractivity contribution in [1.29, 1.82) is 0 Å². The summed E-state index contributed by atoms with van der Waals surface area (Å²) >= 11 is 0. The molecule has 0 aromatic carbocycles. The summed E-state index contributed by atoms with van der Waals surface area (Å²) in [5.74, 6) is -0.919. The molecular formula is C9H16N2O2. The summed E-state index contributed by atoms with van der Waals surface area (Å²) in [6, 6.07) is 0. The largest absolute Gasteiger partial charge is 0.369 e. The van der Waals surface area contributed by atoms with Gasteiger partial charge in [-0.05, 0) is 19.3 Å². The molecule has 1 aliphatic carbocycles. The van der Waals surface area contributed by atoms with Gasteiger partial charge >= 0.3 is 0 Å². The van der Waals surface area contributed by atoms with E-state index in [0.29, 0.717) is 0 Å². The molecule has 0 saturated heterocycles. The van der Waals surface area contributed by atoms with Crippen LogP contribution in [0.15, 0.2) is 0 Å². The highest BCUT2D eigenvalue weighted by Gasteiger charge is 2.83. The molecule has 0 heterocycles. The van der Waals surface area contributed by atoms with Crippen molar-refractivity contribution in [3.63, 3.8) is 0 Å². The van der Waals surface area contributed by atoms with Crippen molar-refractivity contribution in [3.05, 3.63) is 0 Å². The molecule has 0 spiro atoms. The van der Waals surface area contributed by atoms with Crippen molar-refractivity contribution in [1.82, 2.24) is 0 Å². The molecule has 2 unspecified atom stereocenters. The third kappa shape index (κ3) is 0.677. The number of carbonyl (C=O) groups excluding carboxylic acids is 2. The molecule has 74 valence electrons. The Morgan fingerprint density at radius 3 is 1.15 bits per heavy atom. The molecule has 1 aliphatic rings. The smallest absolute Gasteiger partial charge is 0.225 e. The van der Waals surface area contributed by atoms with E-state index in [0.717, 1.165) is 0 Å². The molecule has 4 nitrogen and oxygen atoms in total. The molecule has 2 atom stereocenters. The molecule has 0 aliphatic heterocycles. The number of hydrogen-bond acceptors (Lipinski definition) is 2. The zero-order valence-electron chi connectivity index (χ0n) is 8.47. The van der Waals surface area contributed by atoms with Gasteiger partial charge in [-0.25, -0.2) is 0 Å². The van der Waals surface area contributed by atoms with E-state index in [2.05, 4.69) is 0 Å². The fourth-order valence-corrected chi connectivity index (χ4v) is 2.45. The lowest BCUT2D eigenvalue weighted by molar-refractivity contribution is -0.130. The van der Waals surface area contributed by atoms with Gasteiger partial charge in [0.2, 0.25) is 11.8 Å². The van der Waals surface area contributed by atoms with Gasteiger partial charge in [0, 0.05) is 0 Å². The highest BCUT2D eigenvalue weighted by atomic mass is 16.2. The van der Waals surface area contributed by atoms with E-state index in [9.17, 15) is 9.59 Å². The molecule has 1 fully saturated rings. The van der Waals surface area contributed by atoms with Crippen LogP contribution >= 0.6 is 0 Å². The maximum Gasteiger partial charge on any atom is 0.225 e. The Morgan fingerprint density at radius 1 is 0.846 bits per heavy atom. The molecule has 0 aromatic rings. The maximum absolute atomic E-state index is 11.2. The molecule has 4 heteroatoms. The molecule has 4 N–H and O–H groups in total. The van der Waals surface area contributed by atoms with Gasteiger partial charge in [-0.2, -0.15) is 0 Å². The van der Waals surface area contributed by atoms with Gasteiger partial charge in [-0.15, -0.1) is 0 Å². The molecule has 13 heavy (non-hydrogen) atoms. The molecule has 2 amide bonds. The average Bonchev–Trinajstić information content (AvgIpc) is 2.32. The van der Waals surface area contributed by atoms with Gasteiger partial charge in [0.25, 0.3) is 0 Å². The second kappa shape index (κ2) is 2.05. The van der Waals surface area contributed by atoms with Crippen molar-refractivity contribution in [3.8, 4) is 0 Å². The van der Waals surface area contributed by atoms with Crippen LogP contribution in [0.3, 0.4) is 0 Å². The van der Waals surface area contributed by atoms with Crippen LogP contribution in [-0.4, -0.2) is 11.8 Å². The second-order valence-corrected chi connectivity index (χ2v) is 4.60. The molecule has 0 radical (unpaired) electrons. The molecule has 0 bridgehead atoms. The van der Waals surface area contributed by atoms with Crippen LogP contribution < -0.4 is 11.5 Å². The summed E-state index contributed by atoms with van der Waals surface area (Å²) in [6.45, 7) is 7.06. The average molecular weight is 184 g/mol. The van der Waals surface area contributed by atoms with Crippen molar-refractivity contribution >= 4 is 11.8 Å². The van der Waals surface area contributed by atoms with Gasteiger partial charge in [0.05, 0.1) is 10.8 Å². The van der Waals surface area contributed by atoms with Crippen molar-refractivity contribution in [2.75, 3.05) is 0 Å². The van der Waals surface area contributed by atoms with E-state index in [1.165, 1.54) is 0 Å². The Balaban J connectivity index is 3.22. The van der Waals surface area contributed by atoms with E-state index in [-0.39, 0.29) is 0 Å². The Hall–Kier alpha value is -1.06. The van der Waals surface area contributed by atoms with Crippen LogP contribution in [0.25, 0.3) is 0 Å². The molecular weight excluding hydrogens is 168 g/mol. The number of nitrogens with two attached hydrogens (primary N) is 2. The van der Waals surface area contributed by atoms with E-state index >= 15 is 0 Å². The highest BCUT2D eigenvalue weighted by molar-refractivity contribution is 5.99. The third-order valence-corrected chi connectivity index (χ3v) is 4.42. The predicted octanol–water partition coefficient (Wildman–Crippen LogP) is 0.00940. The SMILES string of the molecule is CC1(C)C(C)(C(N)=O)C1(C)C(N)=O. The van der Waals surface area contributed by atoms with Gasteiger partial charge in [0.1, 0.15) is 0 Å². The molecule has 0 aromatic heterocycles. The standard InChI is InChI=1S/C9H16N2O2/c1-7(2)8(3,5(10)12)9(7,4)6(11)13/h1-4H3,(H2,10,12)(H2,11,13). The normalized spacial score (nSPS) is 41.2. The number of rotatable bonds is 2. The number of hydrogen-bond donors (Lipinski definition) is 2. The van der Waals surface area contributed by atoms with Crippen LogP contribution in [0.1, 0.15) is 27.7 Å². The lowest BCUT2D eigenvalue weighted by Gasteiger charge is -2.10. The third-order valence-electron chi connectivity index (χ3n) is 4.42. The van der Waals surface area contributed by atoms with Gasteiger partial charge in [-0.3, -0.25) is 9.59 Å². The first kappa shape index (κ1) is 10.0. The monoisotopic (exact) mass is 184 g/mol. The first-order chi connectivity index (χ1) is 5.64. The predicted molar refractivity (Wildman–Crippen MR) is 48.4 cm³/mol.